The van der Waals surface area contributed by atoms with Crippen molar-refractivity contribution in [2.24, 2.45) is 0 Å². The number of amides is 1. The Hall–Kier alpha value is -1.50. The summed E-state index contributed by atoms with van der Waals surface area (Å²) >= 11 is 0. The lowest BCUT2D eigenvalue weighted by molar-refractivity contribution is -0.0704. The number of nitrogens with zero attached hydrogens (tertiary/aromatic N) is 1. The van der Waals surface area contributed by atoms with Crippen LogP contribution < -0.4 is 5.48 Å². The molecule has 1 atom stereocenters. The Bertz CT molecular complexity index is 564. The van der Waals surface area contributed by atoms with Gasteiger partial charge < -0.3 is 4.74 Å². The average Bonchev–Trinajstić information content (AvgIpc) is 2.43. The molecule has 2 heterocycles. The summed E-state index contributed by atoms with van der Waals surface area (Å²) < 4.78 is 19.7. The first-order chi connectivity index (χ1) is 9.53. The number of halogens is 1. The molecule has 3 rings (SSSR count). The number of morpholine rings is 1. The second kappa shape index (κ2) is 4.80. The normalized spacial score (nSPS) is 25.8. The van der Waals surface area contributed by atoms with Crippen LogP contribution in [0.1, 0.15) is 28.4 Å². The van der Waals surface area contributed by atoms with E-state index in [1.54, 1.807) is 11.5 Å². The van der Waals surface area contributed by atoms with Crippen LogP contribution in [0, 0.1) is 5.82 Å². The van der Waals surface area contributed by atoms with Crippen LogP contribution in [0.4, 0.5) is 4.39 Å². The van der Waals surface area contributed by atoms with E-state index in [1.807, 2.05) is 0 Å². The molecule has 6 heteroatoms. The molecule has 5 nitrogen and oxygen atoms in total. The smallest absolute Gasteiger partial charge is 0.274 e. The van der Waals surface area contributed by atoms with Crippen molar-refractivity contribution in [2.75, 3.05) is 19.8 Å². The van der Waals surface area contributed by atoms with Crippen molar-refractivity contribution in [1.29, 1.82) is 0 Å². The zero-order valence-electron chi connectivity index (χ0n) is 11.3. The maximum Gasteiger partial charge on any atom is 0.274 e. The van der Waals surface area contributed by atoms with Crippen LogP contribution >= 0.6 is 0 Å². The highest BCUT2D eigenvalue weighted by Gasteiger charge is 2.40. The minimum absolute atomic E-state index is 0.137. The van der Waals surface area contributed by atoms with Gasteiger partial charge in [-0.25, -0.2) is 9.87 Å². The number of hydroxylamine groups is 1. The molecular weight excluding hydrogens is 263 g/mol. The highest BCUT2D eigenvalue weighted by atomic mass is 19.1. The van der Waals surface area contributed by atoms with Crippen molar-refractivity contribution >= 4 is 5.91 Å². The number of rotatable bonds is 1. The Labute approximate surface area is 116 Å². The van der Waals surface area contributed by atoms with Crippen LogP contribution in [0.25, 0.3) is 0 Å². The van der Waals surface area contributed by atoms with Crippen LogP contribution in [-0.2, 0) is 17.7 Å². The van der Waals surface area contributed by atoms with Gasteiger partial charge in [-0.2, -0.15) is 0 Å². The number of hydrogen-bond donors (Lipinski definition) is 2. The maximum absolute atomic E-state index is 14.2. The summed E-state index contributed by atoms with van der Waals surface area (Å²) in [4.78, 5) is 13.7. The second-order valence-corrected chi connectivity index (χ2v) is 5.68. The minimum atomic E-state index is -0.695. The summed E-state index contributed by atoms with van der Waals surface area (Å²) in [5.74, 6) is -1.09. The number of carbonyl (C=O) groups is 1. The van der Waals surface area contributed by atoms with Gasteiger partial charge in [-0.3, -0.25) is 14.9 Å². The van der Waals surface area contributed by atoms with Gasteiger partial charge in [0.25, 0.3) is 5.91 Å². The van der Waals surface area contributed by atoms with Crippen LogP contribution in [0.15, 0.2) is 12.1 Å². The average molecular weight is 280 g/mol. The molecule has 1 aromatic rings. The molecule has 2 aliphatic heterocycles. The van der Waals surface area contributed by atoms with Gasteiger partial charge in [-0.1, -0.05) is 0 Å². The first-order valence-electron chi connectivity index (χ1n) is 6.62. The molecule has 0 aliphatic carbocycles. The largest absolute Gasteiger partial charge is 0.378 e. The fourth-order valence-corrected chi connectivity index (χ4v) is 3.09. The van der Waals surface area contributed by atoms with Crippen molar-refractivity contribution in [3.05, 3.63) is 34.6 Å². The Morgan fingerprint density at radius 2 is 2.35 bits per heavy atom. The van der Waals surface area contributed by atoms with Crippen LogP contribution in [0.3, 0.4) is 0 Å². The second-order valence-electron chi connectivity index (χ2n) is 5.68. The molecule has 2 aliphatic rings. The molecule has 1 amide bonds. The highest BCUT2D eigenvalue weighted by Crippen LogP contribution is 2.34. The molecule has 0 saturated carbocycles. The molecule has 20 heavy (non-hydrogen) atoms. The third-order valence-electron chi connectivity index (χ3n) is 4.25. The van der Waals surface area contributed by atoms with Gasteiger partial charge in [-0.15, -0.1) is 0 Å². The van der Waals surface area contributed by atoms with E-state index in [0.717, 1.165) is 12.1 Å². The molecule has 1 aromatic carbocycles. The Balaban J connectivity index is 2.01. The molecule has 1 fully saturated rings. The van der Waals surface area contributed by atoms with Crippen LogP contribution in [-0.4, -0.2) is 41.3 Å². The number of ether oxygens (including phenoxy) is 1. The lowest BCUT2D eigenvalue weighted by atomic mass is 9.83. The molecular formula is C14H17FN2O3. The predicted molar refractivity (Wildman–Crippen MR) is 69.0 cm³/mol. The molecule has 0 aromatic heterocycles. The van der Waals surface area contributed by atoms with E-state index in [-0.39, 0.29) is 11.1 Å². The first-order valence-corrected chi connectivity index (χ1v) is 6.62. The van der Waals surface area contributed by atoms with E-state index in [9.17, 15) is 9.18 Å². The molecule has 0 bridgehead atoms. The molecule has 2 N–H and O–H groups in total. The number of fused-ring (bicyclic) bond motifs is 2. The Morgan fingerprint density at radius 1 is 1.55 bits per heavy atom. The molecule has 108 valence electrons. The van der Waals surface area contributed by atoms with Crippen LogP contribution in [0.2, 0.25) is 0 Å². The Kier molecular flexibility index (Phi) is 3.24. The maximum atomic E-state index is 14.2. The van der Waals surface area contributed by atoms with Gasteiger partial charge in [-0.05, 0) is 31.0 Å². The Morgan fingerprint density at radius 3 is 3.10 bits per heavy atom. The van der Waals surface area contributed by atoms with E-state index >= 15 is 0 Å². The quantitative estimate of drug-likeness (QED) is 0.597. The van der Waals surface area contributed by atoms with Gasteiger partial charge >= 0.3 is 0 Å². The minimum Gasteiger partial charge on any atom is -0.378 e. The lowest BCUT2D eigenvalue weighted by Crippen LogP contribution is -2.58. The molecule has 0 spiro atoms. The van der Waals surface area contributed by atoms with Gasteiger partial charge in [0.15, 0.2) is 0 Å². The summed E-state index contributed by atoms with van der Waals surface area (Å²) in [6.07, 6.45) is 0.631. The van der Waals surface area contributed by atoms with E-state index in [2.05, 4.69) is 11.8 Å². The van der Waals surface area contributed by atoms with Crippen molar-refractivity contribution in [1.82, 2.24) is 10.4 Å². The van der Waals surface area contributed by atoms with E-state index in [0.29, 0.717) is 31.7 Å². The third-order valence-corrected chi connectivity index (χ3v) is 4.25. The van der Waals surface area contributed by atoms with Crippen molar-refractivity contribution < 1.29 is 19.1 Å². The van der Waals surface area contributed by atoms with Crippen molar-refractivity contribution in [3.63, 3.8) is 0 Å². The third kappa shape index (κ3) is 2.09. The topological polar surface area (TPSA) is 61.8 Å². The summed E-state index contributed by atoms with van der Waals surface area (Å²) in [7, 11) is 0. The first kappa shape index (κ1) is 13.5. The summed E-state index contributed by atoms with van der Waals surface area (Å²) in [5, 5.41) is 8.67. The highest BCUT2D eigenvalue weighted by molar-refractivity contribution is 5.93. The summed E-state index contributed by atoms with van der Waals surface area (Å²) in [5.41, 5.74) is 2.97. The van der Waals surface area contributed by atoms with Crippen molar-refractivity contribution in [2.45, 2.75) is 25.4 Å². The summed E-state index contributed by atoms with van der Waals surface area (Å²) in [6.45, 7) is 4.67. The molecule has 0 unspecified atom stereocenters. The number of benzene rings is 1. The fraction of sp³-hybridized carbons (Fsp3) is 0.500. The van der Waals surface area contributed by atoms with Gasteiger partial charge in [0.2, 0.25) is 0 Å². The fourth-order valence-electron chi connectivity index (χ4n) is 3.09. The standard InChI is InChI=1S/C14H17FN2O3/c1-14-6-10-4-9(13(18)16-19)5-12(15)11(10)7-17(14)2-3-20-8-14/h4-5,19H,2-3,6-8H2,1H3,(H,16,18)/t14-/m1/s1. The molecule has 0 radical (unpaired) electrons. The van der Waals surface area contributed by atoms with Crippen LogP contribution in [0.5, 0.6) is 0 Å². The van der Waals surface area contributed by atoms with E-state index in [1.165, 1.54) is 6.07 Å². The van der Waals surface area contributed by atoms with Gasteiger partial charge in [0.05, 0.1) is 13.2 Å². The SMILES string of the molecule is C[C@@]12COCCN1Cc1c(F)cc(C(=O)NO)cc1C2. The number of hydrogen-bond acceptors (Lipinski definition) is 4. The predicted octanol–water partition coefficient (Wildman–Crippen LogP) is 1.09. The number of carbonyl (C=O) groups excluding carboxylic acids is 1. The zero-order chi connectivity index (χ0) is 14.3. The van der Waals surface area contributed by atoms with E-state index in [4.69, 9.17) is 9.94 Å². The summed E-state index contributed by atoms with van der Waals surface area (Å²) in [6, 6.07) is 2.83. The van der Waals surface area contributed by atoms with Crippen molar-refractivity contribution in [3.8, 4) is 0 Å². The lowest BCUT2D eigenvalue weighted by Gasteiger charge is -2.48. The van der Waals surface area contributed by atoms with Gasteiger partial charge in [0.1, 0.15) is 5.82 Å². The zero-order valence-corrected chi connectivity index (χ0v) is 11.3. The monoisotopic (exact) mass is 280 g/mol. The number of nitrogens with one attached hydrogen (secondary N) is 1. The van der Waals surface area contributed by atoms with E-state index < -0.39 is 11.7 Å². The molecule has 1 saturated heterocycles. The van der Waals surface area contributed by atoms with Gasteiger partial charge in [0, 0.05) is 29.8 Å².